The van der Waals surface area contributed by atoms with Gasteiger partial charge in [0.25, 0.3) is 0 Å². The molecule has 1 aromatic rings. The number of nitrogens with one attached hydrogen (secondary N) is 1. The van der Waals surface area contributed by atoms with E-state index in [2.05, 4.69) is 5.32 Å². The average Bonchev–Trinajstić information content (AvgIpc) is 2.28. The quantitative estimate of drug-likeness (QED) is 0.748. The number of hydrogen-bond donors (Lipinski definition) is 2. The van der Waals surface area contributed by atoms with Gasteiger partial charge in [-0.05, 0) is 0 Å². The molecule has 2 rings (SSSR count). The van der Waals surface area contributed by atoms with Crippen LogP contribution in [-0.4, -0.2) is 19.1 Å². The van der Waals surface area contributed by atoms with E-state index in [0.29, 0.717) is 36.1 Å². The summed E-state index contributed by atoms with van der Waals surface area (Å²) in [5.41, 5.74) is 6.44. The predicted octanol–water partition coefficient (Wildman–Crippen LogP) is 2.02. The normalized spacial score (nSPS) is 14.2. The highest BCUT2D eigenvalue weighted by molar-refractivity contribution is 5.97. The van der Waals surface area contributed by atoms with Crippen molar-refractivity contribution in [3.8, 4) is 11.5 Å². The van der Waals surface area contributed by atoms with Gasteiger partial charge in [-0.3, -0.25) is 4.79 Å². The molecular formula is C13H18N2O3. The molecule has 0 radical (unpaired) electrons. The molecule has 98 valence electrons. The molecule has 1 heterocycles. The summed E-state index contributed by atoms with van der Waals surface area (Å²) < 4.78 is 10.9. The van der Waals surface area contributed by atoms with Crippen molar-refractivity contribution < 1.29 is 14.3 Å². The molecule has 0 aromatic heterocycles. The molecule has 0 fully saturated rings. The topological polar surface area (TPSA) is 73.6 Å². The van der Waals surface area contributed by atoms with Gasteiger partial charge in [0.15, 0.2) is 11.5 Å². The number of carbonyl (C=O) groups is 1. The summed E-state index contributed by atoms with van der Waals surface area (Å²) in [6.07, 6.45) is 0. The van der Waals surface area contributed by atoms with Crippen molar-refractivity contribution in [1.29, 1.82) is 0 Å². The van der Waals surface area contributed by atoms with Crippen molar-refractivity contribution in [3.63, 3.8) is 0 Å². The Morgan fingerprint density at radius 2 is 1.78 bits per heavy atom. The Balaban J connectivity index is 2.26. The van der Waals surface area contributed by atoms with Crippen LogP contribution < -0.4 is 20.5 Å². The van der Waals surface area contributed by atoms with E-state index in [1.54, 1.807) is 12.1 Å². The second-order valence-corrected chi connectivity index (χ2v) is 5.29. The van der Waals surface area contributed by atoms with Crippen LogP contribution in [0.25, 0.3) is 0 Å². The van der Waals surface area contributed by atoms with Gasteiger partial charge in [-0.15, -0.1) is 0 Å². The van der Waals surface area contributed by atoms with Gasteiger partial charge in [-0.25, -0.2) is 0 Å². The zero-order valence-corrected chi connectivity index (χ0v) is 10.9. The molecule has 1 aliphatic heterocycles. The van der Waals surface area contributed by atoms with Crippen LogP contribution >= 0.6 is 0 Å². The second-order valence-electron chi connectivity index (χ2n) is 5.29. The van der Waals surface area contributed by atoms with E-state index in [1.165, 1.54) is 0 Å². The number of nitrogen functional groups attached to an aromatic ring is 1. The predicted molar refractivity (Wildman–Crippen MR) is 69.9 cm³/mol. The lowest BCUT2D eigenvalue weighted by Crippen LogP contribution is -2.28. The first-order chi connectivity index (χ1) is 8.38. The van der Waals surface area contributed by atoms with E-state index in [9.17, 15) is 4.79 Å². The zero-order chi connectivity index (χ0) is 13.3. The summed E-state index contributed by atoms with van der Waals surface area (Å²) in [4.78, 5) is 11.9. The lowest BCUT2D eigenvalue weighted by atomic mass is 9.95. The van der Waals surface area contributed by atoms with Crippen LogP contribution in [0.4, 0.5) is 11.4 Å². The fourth-order valence-electron chi connectivity index (χ4n) is 1.52. The lowest BCUT2D eigenvalue weighted by molar-refractivity contribution is -0.123. The van der Waals surface area contributed by atoms with E-state index in [0.717, 1.165) is 0 Å². The molecule has 5 heteroatoms. The minimum absolute atomic E-state index is 0.0918. The second kappa shape index (κ2) is 4.40. The molecule has 1 amide bonds. The molecule has 0 unspecified atom stereocenters. The van der Waals surface area contributed by atoms with Gasteiger partial charge >= 0.3 is 0 Å². The first-order valence-corrected chi connectivity index (χ1v) is 5.88. The molecule has 18 heavy (non-hydrogen) atoms. The van der Waals surface area contributed by atoms with Gasteiger partial charge in [0.05, 0.1) is 11.4 Å². The van der Waals surface area contributed by atoms with Gasteiger partial charge in [-0.1, -0.05) is 20.8 Å². The SMILES string of the molecule is CC(C)(C)C(=O)Nc1cc2c(cc1N)OCCO2. The number of hydrogen-bond acceptors (Lipinski definition) is 4. The summed E-state index contributed by atoms with van der Waals surface area (Å²) >= 11 is 0. The van der Waals surface area contributed by atoms with Crippen molar-refractivity contribution in [3.05, 3.63) is 12.1 Å². The maximum atomic E-state index is 11.9. The van der Waals surface area contributed by atoms with Crippen LogP contribution in [-0.2, 0) is 4.79 Å². The number of fused-ring (bicyclic) bond motifs is 1. The van der Waals surface area contributed by atoms with Crippen LogP contribution in [0.5, 0.6) is 11.5 Å². The number of benzene rings is 1. The van der Waals surface area contributed by atoms with Gasteiger partial charge in [-0.2, -0.15) is 0 Å². The molecule has 1 aliphatic rings. The Bertz CT molecular complexity index is 478. The van der Waals surface area contributed by atoms with E-state index < -0.39 is 5.41 Å². The Morgan fingerprint density at radius 3 is 2.33 bits per heavy atom. The van der Waals surface area contributed by atoms with Crippen LogP contribution in [0, 0.1) is 5.41 Å². The summed E-state index contributed by atoms with van der Waals surface area (Å²) in [6.45, 7) is 6.55. The molecule has 0 bridgehead atoms. The highest BCUT2D eigenvalue weighted by Gasteiger charge is 2.23. The van der Waals surface area contributed by atoms with Gasteiger partial charge in [0, 0.05) is 17.5 Å². The molecule has 0 saturated heterocycles. The molecule has 0 spiro atoms. The van der Waals surface area contributed by atoms with Crippen LogP contribution in [0.1, 0.15) is 20.8 Å². The average molecular weight is 250 g/mol. The number of rotatable bonds is 1. The molecule has 3 N–H and O–H groups in total. The smallest absolute Gasteiger partial charge is 0.229 e. The zero-order valence-electron chi connectivity index (χ0n) is 10.9. The molecule has 0 saturated carbocycles. The van der Waals surface area contributed by atoms with Crippen molar-refractivity contribution in [2.75, 3.05) is 24.3 Å². The van der Waals surface area contributed by atoms with E-state index in [-0.39, 0.29) is 5.91 Å². The van der Waals surface area contributed by atoms with E-state index in [1.807, 2.05) is 20.8 Å². The lowest BCUT2D eigenvalue weighted by Gasteiger charge is -2.22. The van der Waals surface area contributed by atoms with Crippen molar-refractivity contribution >= 4 is 17.3 Å². The summed E-state index contributed by atoms with van der Waals surface area (Å²) in [7, 11) is 0. The molecule has 0 atom stereocenters. The van der Waals surface area contributed by atoms with Crippen molar-refractivity contribution in [2.45, 2.75) is 20.8 Å². The van der Waals surface area contributed by atoms with Crippen LogP contribution in [0.2, 0.25) is 0 Å². The first kappa shape index (κ1) is 12.5. The number of amides is 1. The monoisotopic (exact) mass is 250 g/mol. The minimum atomic E-state index is -0.473. The number of nitrogens with two attached hydrogens (primary N) is 1. The molecule has 0 aliphatic carbocycles. The third-order valence-corrected chi connectivity index (χ3v) is 2.64. The third kappa shape index (κ3) is 2.50. The highest BCUT2D eigenvalue weighted by Crippen LogP contribution is 2.37. The maximum Gasteiger partial charge on any atom is 0.229 e. The maximum absolute atomic E-state index is 11.9. The largest absolute Gasteiger partial charge is 0.486 e. The van der Waals surface area contributed by atoms with Gasteiger partial charge < -0.3 is 20.5 Å². The summed E-state index contributed by atoms with van der Waals surface area (Å²) in [5.74, 6) is 1.14. The Hall–Kier alpha value is -1.91. The Morgan fingerprint density at radius 1 is 1.22 bits per heavy atom. The molecule has 5 nitrogen and oxygen atoms in total. The minimum Gasteiger partial charge on any atom is -0.486 e. The van der Waals surface area contributed by atoms with Crippen LogP contribution in [0.15, 0.2) is 12.1 Å². The number of carbonyl (C=O) groups excluding carboxylic acids is 1. The highest BCUT2D eigenvalue weighted by atomic mass is 16.6. The summed E-state index contributed by atoms with van der Waals surface area (Å²) in [5, 5.41) is 2.80. The Kier molecular flexibility index (Phi) is 3.07. The van der Waals surface area contributed by atoms with Crippen LogP contribution in [0.3, 0.4) is 0 Å². The number of anilines is 2. The Labute approximate surface area is 106 Å². The fraction of sp³-hybridized carbons (Fsp3) is 0.462. The van der Waals surface area contributed by atoms with E-state index >= 15 is 0 Å². The van der Waals surface area contributed by atoms with Gasteiger partial charge in [0.2, 0.25) is 5.91 Å². The third-order valence-electron chi connectivity index (χ3n) is 2.64. The van der Waals surface area contributed by atoms with Crippen molar-refractivity contribution in [1.82, 2.24) is 0 Å². The molecular weight excluding hydrogens is 232 g/mol. The molecule has 1 aromatic carbocycles. The van der Waals surface area contributed by atoms with Gasteiger partial charge in [0.1, 0.15) is 13.2 Å². The standard InChI is InChI=1S/C13H18N2O3/c1-13(2,3)12(16)15-9-7-11-10(6-8(9)14)17-4-5-18-11/h6-7H,4-5,14H2,1-3H3,(H,15,16). The first-order valence-electron chi connectivity index (χ1n) is 5.88. The van der Waals surface area contributed by atoms with E-state index in [4.69, 9.17) is 15.2 Å². The summed E-state index contributed by atoms with van der Waals surface area (Å²) in [6, 6.07) is 3.38. The van der Waals surface area contributed by atoms with Crippen molar-refractivity contribution in [2.24, 2.45) is 5.41 Å². The fourth-order valence-corrected chi connectivity index (χ4v) is 1.52. The number of ether oxygens (including phenoxy) is 2.